The predicted molar refractivity (Wildman–Crippen MR) is 66.9 cm³/mol. The normalized spacial score (nSPS) is 12.1. The summed E-state index contributed by atoms with van der Waals surface area (Å²) in [5.74, 6) is -1.32. The lowest BCUT2D eigenvalue weighted by molar-refractivity contribution is 0.0695. The van der Waals surface area contributed by atoms with Crippen LogP contribution in [0.3, 0.4) is 0 Å². The molecule has 1 N–H and O–H groups in total. The van der Waals surface area contributed by atoms with E-state index < -0.39 is 29.0 Å². The van der Waals surface area contributed by atoms with E-state index in [0.29, 0.717) is 4.31 Å². The van der Waals surface area contributed by atoms with Gasteiger partial charge < -0.3 is 5.11 Å². The van der Waals surface area contributed by atoms with Crippen molar-refractivity contribution in [1.29, 1.82) is 0 Å². The van der Waals surface area contributed by atoms with Crippen molar-refractivity contribution >= 4 is 31.9 Å². The van der Waals surface area contributed by atoms with Crippen LogP contribution < -0.4 is 0 Å². The number of carboxylic acid groups (broad SMARTS) is 1. The summed E-state index contributed by atoms with van der Waals surface area (Å²) in [6.07, 6.45) is -2.81. The maximum atomic E-state index is 12.2. The quantitative estimate of drug-likeness (QED) is 0.874. The topological polar surface area (TPSA) is 74.7 Å². The molecule has 0 unspecified atom stereocenters. The lowest BCUT2D eigenvalue weighted by Crippen LogP contribution is -2.31. The zero-order valence-electron chi connectivity index (χ0n) is 9.68. The predicted octanol–water partition coefficient (Wildman–Crippen LogP) is 2.03. The van der Waals surface area contributed by atoms with Crippen LogP contribution in [0.4, 0.5) is 8.78 Å². The van der Waals surface area contributed by atoms with Crippen molar-refractivity contribution in [1.82, 2.24) is 4.31 Å². The Morgan fingerprint density at radius 1 is 1.47 bits per heavy atom. The van der Waals surface area contributed by atoms with E-state index in [0.717, 1.165) is 19.2 Å². The van der Waals surface area contributed by atoms with Gasteiger partial charge in [0.1, 0.15) is 0 Å². The molecule has 5 nitrogen and oxygen atoms in total. The van der Waals surface area contributed by atoms with Crippen LogP contribution in [0.5, 0.6) is 0 Å². The standard InChI is InChI=1S/C10H10BrF2NO4S/c1-14(5-9(12)13)19(17,18)6-2-3-8(11)7(4-6)10(15)16/h2-4,9H,5H2,1H3,(H,15,16). The summed E-state index contributed by atoms with van der Waals surface area (Å²) in [5.41, 5.74) is -0.258. The Morgan fingerprint density at radius 2 is 2.05 bits per heavy atom. The molecule has 0 aliphatic carbocycles. The first-order valence-electron chi connectivity index (χ1n) is 4.93. The maximum Gasteiger partial charge on any atom is 0.336 e. The van der Waals surface area contributed by atoms with E-state index >= 15 is 0 Å². The molecule has 106 valence electrons. The molecule has 0 aliphatic rings. The summed E-state index contributed by atoms with van der Waals surface area (Å²) in [5, 5.41) is 8.88. The Bertz CT molecular complexity index is 591. The first-order chi connectivity index (χ1) is 8.66. The minimum Gasteiger partial charge on any atom is -0.478 e. The highest BCUT2D eigenvalue weighted by molar-refractivity contribution is 9.10. The number of alkyl halides is 2. The summed E-state index contributed by atoms with van der Waals surface area (Å²) >= 11 is 2.97. The van der Waals surface area contributed by atoms with Crippen LogP contribution in [0, 0.1) is 0 Å². The van der Waals surface area contributed by atoms with Gasteiger partial charge in [0.15, 0.2) is 0 Å². The molecule has 0 spiro atoms. The highest BCUT2D eigenvalue weighted by Gasteiger charge is 2.25. The molecular weight excluding hydrogens is 348 g/mol. The van der Waals surface area contributed by atoms with Gasteiger partial charge in [0, 0.05) is 11.5 Å². The molecule has 1 aromatic rings. The molecule has 0 saturated heterocycles. The van der Waals surface area contributed by atoms with Gasteiger partial charge in [-0.2, -0.15) is 4.31 Å². The van der Waals surface area contributed by atoms with Crippen molar-refractivity contribution in [2.45, 2.75) is 11.3 Å². The molecule has 0 amide bonds. The number of aromatic carboxylic acids is 1. The molecule has 19 heavy (non-hydrogen) atoms. The summed E-state index contributed by atoms with van der Waals surface area (Å²) in [4.78, 5) is 10.5. The van der Waals surface area contributed by atoms with Gasteiger partial charge in [-0.25, -0.2) is 22.0 Å². The molecule has 0 atom stereocenters. The van der Waals surface area contributed by atoms with Crippen LogP contribution in [0.1, 0.15) is 10.4 Å². The van der Waals surface area contributed by atoms with Crippen molar-refractivity contribution < 1.29 is 27.1 Å². The molecular formula is C10H10BrF2NO4S. The fourth-order valence-corrected chi connectivity index (χ4v) is 2.89. The molecule has 0 aliphatic heterocycles. The summed E-state index contributed by atoms with van der Waals surface area (Å²) in [6.45, 7) is -0.958. The van der Waals surface area contributed by atoms with Crippen molar-refractivity contribution in [3.8, 4) is 0 Å². The highest BCUT2D eigenvalue weighted by Crippen LogP contribution is 2.23. The fraction of sp³-hybridized carbons (Fsp3) is 0.300. The average Bonchev–Trinajstić information content (AvgIpc) is 2.27. The molecule has 0 radical (unpaired) electrons. The van der Waals surface area contributed by atoms with E-state index in [1.807, 2.05) is 0 Å². The molecule has 0 fully saturated rings. The van der Waals surface area contributed by atoms with Crippen LogP contribution in [0.15, 0.2) is 27.6 Å². The number of hydrogen-bond donors (Lipinski definition) is 1. The van der Waals surface area contributed by atoms with Crippen LogP contribution in [0.2, 0.25) is 0 Å². The van der Waals surface area contributed by atoms with Crippen molar-refractivity contribution in [3.05, 3.63) is 28.2 Å². The van der Waals surface area contributed by atoms with Crippen molar-refractivity contribution in [3.63, 3.8) is 0 Å². The summed E-state index contributed by atoms with van der Waals surface area (Å²) in [6, 6.07) is 3.31. The number of halogens is 3. The van der Waals surface area contributed by atoms with Gasteiger partial charge >= 0.3 is 5.97 Å². The second-order valence-corrected chi connectivity index (χ2v) is 6.52. The van der Waals surface area contributed by atoms with Crippen molar-refractivity contribution in [2.24, 2.45) is 0 Å². The lowest BCUT2D eigenvalue weighted by atomic mass is 10.2. The zero-order chi connectivity index (χ0) is 14.8. The SMILES string of the molecule is CN(CC(F)F)S(=O)(=O)c1ccc(Br)c(C(=O)O)c1. The van der Waals surface area contributed by atoms with Gasteiger partial charge in [-0.05, 0) is 34.1 Å². The van der Waals surface area contributed by atoms with Gasteiger partial charge in [-0.1, -0.05) is 0 Å². The van der Waals surface area contributed by atoms with E-state index in [-0.39, 0.29) is 14.9 Å². The Kier molecular flexibility index (Phi) is 4.99. The van der Waals surface area contributed by atoms with E-state index in [1.54, 1.807) is 0 Å². The third-order valence-electron chi connectivity index (χ3n) is 2.27. The largest absolute Gasteiger partial charge is 0.478 e. The Hall–Kier alpha value is -1.06. The molecule has 1 rings (SSSR count). The van der Waals surface area contributed by atoms with E-state index in [4.69, 9.17) is 5.11 Å². The average molecular weight is 358 g/mol. The van der Waals surface area contributed by atoms with E-state index in [2.05, 4.69) is 15.9 Å². The molecule has 0 aromatic heterocycles. The number of nitrogens with zero attached hydrogens (tertiary/aromatic N) is 1. The Balaban J connectivity index is 3.22. The third-order valence-corrected chi connectivity index (χ3v) is 4.78. The van der Waals surface area contributed by atoms with Gasteiger partial charge in [-0.3, -0.25) is 0 Å². The van der Waals surface area contributed by atoms with E-state index in [9.17, 15) is 22.0 Å². The lowest BCUT2D eigenvalue weighted by Gasteiger charge is -2.17. The number of rotatable bonds is 5. The first kappa shape index (κ1) is 16.0. The van der Waals surface area contributed by atoms with Crippen LogP contribution >= 0.6 is 15.9 Å². The molecule has 0 saturated carbocycles. The van der Waals surface area contributed by atoms with Gasteiger partial charge in [0.25, 0.3) is 6.43 Å². The number of carbonyl (C=O) groups is 1. The summed E-state index contributed by atoms with van der Waals surface area (Å²) in [7, 11) is -3.13. The number of hydrogen-bond acceptors (Lipinski definition) is 3. The van der Waals surface area contributed by atoms with E-state index in [1.165, 1.54) is 6.07 Å². The Labute approximate surface area is 117 Å². The molecule has 1 aromatic carbocycles. The second kappa shape index (κ2) is 5.93. The van der Waals surface area contributed by atoms with Gasteiger partial charge in [0.05, 0.1) is 17.0 Å². The third kappa shape index (κ3) is 3.71. The van der Waals surface area contributed by atoms with Gasteiger partial charge in [0.2, 0.25) is 10.0 Å². The molecule has 9 heteroatoms. The monoisotopic (exact) mass is 357 g/mol. The van der Waals surface area contributed by atoms with Crippen LogP contribution in [0.25, 0.3) is 0 Å². The van der Waals surface area contributed by atoms with Crippen LogP contribution in [-0.2, 0) is 10.0 Å². The molecule has 0 bridgehead atoms. The van der Waals surface area contributed by atoms with Gasteiger partial charge in [-0.15, -0.1) is 0 Å². The minimum atomic E-state index is -4.14. The summed E-state index contributed by atoms with van der Waals surface area (Å²) < 4.78 is 48.9. The second-order valence-electron chi connectivity index (χ2n) is 3.62. The fourth-order valence-electron chi connectivity index (χ4n) is 1.30. The zero-order valence-corrected chi connectivity index (χ0v) is 12.1. The first-order valence-corrected chi connectivity index (χ1v) is 7.17. The van der Waals surface area contributed by atoms with Crippen LogP contribution in [-0.4, -0.2) is 43.8 Å². The minimum absolute atomic E-state index is 0.204. The number of sulfonamides is 1. The highest BCUT2D eigenvalue weighted by atomic mass is 79.9. The van der Waals surface area contributed by atoms with Crippen molar-refractivity contribution in [2.75, 3.05) is 13.6 Å². The number of carboxylic acids is 1. The number of benzene rings is 1. The maximum absolute atomic E-state index is 12.2. The Morgan fingerprint density at radius 3 is 2.53 bits per heavy atom. The molecule has 0 heterocycles. The smallest absolute Gasteiger partial charge is 0.336 e.